The van der Waals surface area contributed by atoms with Crippen molar-refractivity contribution in [1.29, 1.82) is 0 Å². The van der Waals surface area contributed by atoms with Gasteiger partial charge in [0.1, 0.15) is 12.1 Å². The van der Waals surface area contributed by atoms with E-state index < -0.39 is 0 Å². The Morgan fingerprint density at radius 1 is 1.24 bits per heavy atom. The molecule has 29 heavy (non-hydrogen) atoms. The zero-order valence-corrected chi connectivity index (χ0v) is 16.5. The number of carbonyl (C=O) groups excluding carboxylic acids is 1. The molecule has 4 heterocycles. The minimum Gasteiger partial charge on any atom is -0.493 e. The number of fused-ring (bicyclic) bond motifs is 2. The van der Waals surface area contributed by atoms with Crippen LogP contribution in [0.4, 0.5) is 0 Å². The van der Waals surface area contributed by atoms with Gasteiger partial charge < -0.3 is 14.7 Å². The summed E-state index contributed by atoms with van der Waals surface area (Å²) in [6.45, 7) is 4.57. The first-order chi connectivity index (χ1) is 14.2. The molecule has 0 spiro atoms. The fourth-order valence-corrected chi connectivity index (χ4v) is 5.14. The summed E-state index contributed by atoms with van der Waals surface area (Å²) in [4.78, 5) is 25.6. The molecule has 2 fully saturated rings. The van der Waals surface area contributed by atoms with E-state index >= 15 is 0 Å². The number of hydrogen-bond donors (Lipinski definition) is 1. The van der Waals surface area contributed by atoms with E-state index in [4.69, 9.17) is 4.74 Å². The lowest BCUT2D eigenvalue weighted by Crippen LogP contribution is -2.38. The number of ether oxygens (including phenoxy) is 1. The molecule has 7 heteroatoms. The molecule has 2 saturated heterocycles. The van der Waals surface area contributed by atoms with Gasteiger partial charge in [0.2, 0.25) is 0 Å². The predicted molar refractivity (Wildman–Crippen MR) is 106 cm³/mol. The molecule has 1 aromatic heterocycles. The number of aliphatic hydroxyl groups excluding tert-OH is 1. The summed E-state index contributed by atoms with van der Waals surface area (Å²) < 4.78 is 5.67. The van der Waals surface area contributed by atoms with Crippen LogP contribution in [0, 0.1) is 11.3 Å². The third-order valence-corrected chi connectivity index (χ3v) is 6.61. The van der Waals surface area contributed by atoms with Crippen LogP contribution >= 0.6 is 0 Å². The standard InChI is InChI=1S/C22H26N4O3/c27-14-22-12-25(9-16-7-23-15-24-8-16)10-19(22)11-26(13-22)21(28)18-3-4-20-17(6-18)2-1-5-29-20/h3-4,6-8,15,19,27H,1-2,5,9-14H2. The van der Waals surface area contributed by atoms with E-state index in [-0.39, 0.29) is 23.8 Å². The lowest BCUT2D eigenvalue weighted by molar-refractivity contribution is 0.0718. The number of carbonyl (C=O) groups is 1. The van der Waals surface area contributed by atoms with Crippen LogP contribution in [0.1, 0.15) is 27.9 Å². The van der Waals surface area contributed by atoms with Gasteiger partial charge in [0.15, 0.2) is 0 Å². The number of rotatable bonds is 4. The second-order valence-electron chi connectivity index (χ2n) is 8.59. The number of hydrogen-bond acceptors (Lipinski definition) is 6. The monoisotopic (exact) mass is 394 g/mol. The number of aromatic nitrogens is 2. The van der Waals surface area contributed by atoms with Gasteiger partial charge in [0, 0.05) is 61.7 Å². The van der Waals surface area contributed by atoms with Gasteiger partial charge in [-0.3, -0.25) is 9.69 Å². The topological polar surface area (TPSA) is 78.8 Å². The highest BCUT2D eigenvalue weighted by atomic mass is 16.5. The maximum Gasteiger partial charge on any atom is 0.253 e. The molecule has 152 valence electrons. The number of benzene rings is 1. The Bertz CT molecular complexity index is 906. The van der Waals surface area contributed by atoms with Gasteiger partial charge in [-0.05, 0) is 42.5 Å². The summed E-state index contributed by atoms with van der Waals surface area (Å²) in [7, 11) is 0. The van der Waals surface area contributed by atoms with Crippen LogP contribution in [0.25, 0.3) is 0 Å². The van der Waals surface area contributed by atoms with Gasteiger partial charge in [-0.15, -0.1) is 0 Å². The summed E-state index contributed by atoms with van der Waals surface area (Å²) in [6, 6.07) is 5.77. The van der Waals surface area contributed by atoms with Crippen molar-refractivity contribution in [3.8, 4) is 5.75 Å². The average molecular weight is 394 g/mol. The molecule has 2 aromatic rings. The van der Waals surface area contributed by atoms with E-state index in [0.29, 0.717) is 13.1 Å². The zero-order valence-electron chi connectivity index (χ0n) is 16.5. The summed E-state index contributed by atoms with van der Waals surface area (Å²) in [5.41, 5.74) is 2.67. The highest BCUT2D eigenvalue weighted by Crippen LogP contribution is 2.43. The minimum absolute atomic E-state index is 0.0589. The van der Waals surface area contributed by atoms with Gasteiger partial charge in [-0.1, -0.05) is 0 Å². The average Bonchev–Trinajstić information content (AvgIpc) is 3.27. The van der Waals surface area contributed by atoms with E-state index in [2.05, 4.69) is 14.9 Å². The van der Waals surface area contributed by atoms with Crippen LogP contribution in [0.3, 0.4) is 0 Å². The molecule has 3 aliphatic rings. The number of aryl methyl sites for hydroxylation is 1. The second-order valence-corrected chi connectivity index (χ2v) is 8.59. The van der Waals surface area contributed by atoms with E-state index in [0.717, 1.165) is 61.5 Å². The molecule has 2 unspecified atom stereocenters. The van der Waals surface area contributed by atoms with Crippen LogP contribution in [0.5, 0.6) is 5.75 Å². The molecule has 5 rings (SSSR count). The Morgan fingerprint density at radius 2 is 2.10 bits per heavy atom. The Morgan fingerprint density at radius 3 is 2.90 bits per heavy atom. The summed E-state index contributed by atoms with van der Waals surface area (Å²) in [6.07, 6.45) is 7.16. The fourth-order valence-electron chi connectivity index (χ4n) is 5.14. The largest absolute Gasteiger partial charge is 0.493 e. The highest BCUT2D eigenvalue weighted by Gasteiger charge is 2.53. The van der Waals surface area contributed by atoms with Crippen LogP contribution in [-0.2, 0) is 13.0 Å². The predicted octanol–water partition coefficient (Wildman–Crippen LogP) is 1.37. The quantitative estimate of drug-likeness (QED) is 0.844. The first-order valence-corrected chi connectivity index (χ1v) is 10.3. The van der Waals surface area contributed by atoms with Crippen molar-refractivity contribution < 1.29 is 14.6 Å². The molecule has 2 atom stereocenters. The zero-order chi connectivity index (χ0) is 19.8. The van der Waals surface area contributed by atoms with Crippen molar-refractivity contribution in [3.05, 3.63) is 53.6 Å². The fraction of sp³-hybridized carbons (Fsp3) is 0.500. The molecule has 1 aromatic carbocycles. The van der Waals surface area contributed by atoms with Crippen molar-refractivity contribution in [2.45, 2.75) is 19.4 Å². The number of likely N-dealkylation sites (tertiary alicyclic amines) is 2. The third kappa shape index (κ3) is 3.38. The molecular weight excluding hydrogens is 368 g/mol. The number of nitrogens with zero attached hydrogens (tertiary/aromatic N) is 4. The summed E-state index contributed by atoms with van der Waals surface area (Å²) in [5.74, 6) is 1.24. The third-order valence-electron chi connectivity index (χ3n) is 6.61. The summed E-state index contributed by atoms with van der Waals surface area (Å²) in [5, 5.41) is 10.2. The van der Waals surface area contributed by atoms with Crippen molar-refractivity contribution in [2.24, 2.45) is 11.3 Å². The maximum atomic E-state index is 13.2. The SMILES string of the molecule is O=C(c1ccc2c(c1)CCCO2)N1CC2CN(Cc3cncnc3)CC2(CO)C1. The van der Waals surface area contributed by atoms with E-state index in [9.17, 15) is 9.90 Å². The van der Waals surface area contributed by atoms with E-state index in [1.165, 1.54) is 6.33 Å². The number of aliphatic hydroxyl groups is 1. The van der Waals surface area contributed by atoms with Gasteiger partial charge in [-0.25, -0.2) is 9.97 Å². The summed E-state index contributed by atoms with van der Waals surface area (Å²) >= 11 is 0. The molecule has 1 amide bonds. The molecule has 0 aliphatic carbocycles. The van der Waals surface area contributed by atoms with Crippen molar-refractivity contribution in [1.82, 2.24) is 19.8 Å². The van der Waals surface area contributed by atoms with Gasteiger partial charge in [-0.2, -0.15) is 0 Å². The van der Waals surface area contributed by atoms with Crippen molar-refractivity contribution >= 4 is 5.91 Å². The molecule has 0 radical (unpaired) electrons. The van der Waals surface area contributed by atoms with Crippen LogP contribution < -0.4 is 4.74 Å². The van der Waals surface area contributed by atoms with E-state index in [1.807, 2.05) is 35.5 Å². The molecule has 3 aliphatic heterocycles. The van der Waals surface area contributed by atoms with Crippen molar-refractivity contribution in [3.63, 3.8) is 0 Å². The lowest BCUT2D eigenvalue weighted by Gasteiger charge is -2.27. The minimum atomic E-state index is -0.247. The van der Waals surface area contributed by atoms with Crippen LogP contribution in [-0.4, -0.2) is 70.2 Å². The lowest BCUT2D eigenvalue weighted by atomic mass is 9.82. The maximum absolute atomic E-state index is 13.2. The Labute approximate surface area is 170 Å². The molecule has 0 bridgehead atoms. The van der Waals surface area contributed by atoms with Gasteiger partial charge >= 0.3 is 0 Å². The number of amides is 1. The normalized spacial score (nSPS) is 26.1. The van der Waals surface area contributed by atoms with Crippen molar-refractivity contribution in [2.75, 3.05) is 39.4 Å². The molecular formula is C22H26N4O3. The van der Waals surface area contributed by atoms with E-state index in [1.54, 1.807) is 0 Å². The Balaban J connectivity index is 1.29. The first-order valence-electron chi connectivity index (χ1n) is 10.3. The Hall–Kier alpha value is -2.51. The van der Waals surface area contributed by atoms with Gasteiger partial charge in [0.25, 0.3) is 5.91 Å². The van der Waals surface area contributed by atoms with Crippen LogP contribution in [0.15, 0.2) is 36.9 Å². The smallest absolute Gasteiger partial charge is 0.253 e. The van der Waals surface area contributed by atoms with Crippen LogP contribution in [0.2, 0.25) is 0 Å². The Kier molecular flexibility index (Phi) is 4.72. The van der Waals surface area contributed by atoms with Gasteiger partial charge in [0.05, 0.1) is 13.2 Å². The molecule has 0 saturated carbocycles. The highest BCUT2D eigenvalue weighted by molar-refractivity contribution is 5.95. The second kappa shape index (κ2) is 7.39. The molecule has 1 N–H and O–H groups in total. The first kappa shape index (κ1) is 18.5. The molecule has 7 nitrogen and oxygen atoms in total.